The number of morpholine rings is 1. The molecule has 1 amide bonds. The Balaban J connectivity index is 1.21. The number of amides is 1. The molecule has 3 aromatic rings. The van der Waals surface area contributed by atoms with Crippen molar-refractivity contribution in [3.05, 3.63) is 57.5 Å². The summed E-state index contributed by atoms with van der Waals surface area (Å²) in [6.07, 6.45) is 1.37. The second-order valence-electron chi connectivity index (χ2n) is 12.5. The molecule has 3 aliphatic heterocycles. The van der Waals surface area contributed by atoms with Crippen LogP contribution in [0.1, 0.15) is 79.8 Å². The van der Waals surface area contributed by atoms with E-state index in [0.29, 0.717) is 19.7 Å². The van der Waals surface area contributed by atoms with Gasteiger partial charge < -0.3 is 19.3 Å². The minimum Gasteiger partial charge on any atom is -0.444 e. The molecule has 1 aromatic carbocycles. The Morgan fingerprint density at radius 2 is 1.78 bits per heavy atom. The van der Waals surface area contributed by atoms with Crippen molar-refractivity contribution in [1.29, 1.82) is 0 Å². The number of ether oxygens (including phenoxy) is 2. The van der Waals surface area contributed by atoms with Gasteiger partial charge in [-0.1, -0.05) is 12.1 Å². The fraction of sp³-hybridized carbons (Fsp3) is 0.548. The molecule has 41 heavy (non-hydrogen) atoms. The lowest BCUT2D eigenvalue weighted by Gasteiger charge is -2.47. The molecule has 1 spiro atoms. The smallest absolute Gasteiger partial charge is 0.410 e. The van der Waals surface area contributed by atoms with Crippen molar-refractivity contribution < 1.29 is 14.3 Å². The number of carbonyl (C=O) groups is 1. The Bertz CT molecular complexity index is 1490. The number of rotatable bonds is 2. The number of aromatic nitrogens is 3. The van der Waals surface area contributed by atoms with Crippen LogP contribution < -0.4 is 4.90 Å². The van der Waals surface area contributed by atoms with Gasteiger partial charge in [0.15, 0.2) is 5.82 Å². The van der Waals surface area contributed by atoms with Crippen LogP contribution >= 0.6 is 11.3 Å². The largest absolute Gasteiger partial charge is 0.444 e. The minimum absolute atomic E-state index is 0.101. The minimum atomic E-state index is -0.489. The third-order valence-electron chi connectivity index (χ3n) is 8.43. The molecule has 3 aliphatic rings. The van der Waals surface area contributed by atoms with Crippen LogP contribution in [0.3, 0.4) is 0 Å². The molecule has 0 saturated carbocycles. The van der Waals surface area contributed by atoms with E-state index in [9.17, 15) is 4.79 Å². The lowest BCUT2D eigenvalue weighted by molar-refractivity contribution is -0.0912. The molecule has 218 valence electrons. The van der Waals surface area contributed by atoms with Crippen LogP contribution in [0.2, 0.25) is 0 Å². The molecule has 0 aliphatic carbocycles. The van der Waals surface area contributed by atoms with Crippen LogP contribution in [0, 0.1) is 20.8 Å². The number of benzene rings is 1. The van der Waals surface area contributed by atoms with Crippen LogP contribution in [0.15, 0.2) is 29.3 Å². The van der Waals surface area contributed by atoms with Gasteiger partial charge in [-0.25, -0.2) is 4.79 Å². The summed E-state index contributed by atoms with van der Waals surface area (Å²) in [6.45, 7) is 17.8. The topological polar surface area (TPSA) is 85.1 Å². The Morgan fingerprint density at radius 1 is 1.07 bits per heavy atom. The Morgan fingerprint density at radius 3 is 2.46 bits per heavy atom. The SMILES string of the molecule is Cc1sc2c(c1C)C(c1ccc(N3CCOC4(CCN(C(=O)OC(C)(C)C)CC4)C3)cc1)=N[C@@H](C)c1nnc(C)n1-2. The third kappa shape index (κ3) is 5.16. The predicted molar refractivity (Wildman–Crippen MR) is 162 cm³/mol. The molecule has 0 unspecified atom stereocenters. The quantitative estimate of drug-likeness (QED) is 0.385. The Kier molecular flexibility index (Phi) is 6.97. The van der Waals surface area contributed by atoms with Crippen molar-refractivity contribution in [2.75, 3.05) is 37.7 Å². The van der Waals surface area contributed by atoms with Gasteiger partial charge in [0.2, 0.25) is 0 Å². The van der Waals surface area contributed by atoms with Gasteiger partial charge in [-0.2, -0.15) is 0 Å². The first-order chi connectivity index (χ1) is 19.4. The zero-order valence-corrected chi connectivity index (χ0v) is 26.0. The highest BCUT2D eigenvalue weighted by Crippen LogP contribution is 2.39. The van der Waals surface area contributed by atoms with E-state index in [1.165, 1.54) is 21.7 Å². The molecule has 0 N–H and O–H groups in total. The number of aliphatic imine (C=N–C) groups is 1. The third-order valence-corrected chi connectivity index (χ3v) is 9.63. The second-order valence-corrected chi connectivity index (χ2v) is 13.7. The first-order valence-corrected chi connectivity index (χ1v) is 15.3. The summed E-state index contributed by atoms with van der Waals surface area (Å²) in [6, 6.07) is 8.72. The summed E-state index contributed by atoms with van der Waals surface area (Å²) in [5.74, 6) is 1.77. The number of anilines is 1. The molecule has 0 radical (unpaired) electrons. The van der Waals surface area contributed by atoms with E-state index in [1.807, 2.05) is 32.6 Å². The maximum absolute atomic E-state index is 12.6. The molecule has 5 heterocycles. The molecular formula is C31H40N6O3S. The van der Waals surface area contributed by atoms with Crippen LogP contribution in [0.4, 0.5) is 10.5 Å². The average molecular weight is 577 g/mol. The van der Waals surface area contributed by atoms with Crippen LogP contribution in [-0.4, -0.2) is 75.5 Å². The number of fused-ring (bicyclic) bond motifs is 3. The van der Waals surface area contributed by atoms with E-state index in [1.54, 1.807) is 11.3 Å². The summed E-state index contributed by atoms with van der Waals surface area (Å²) >= 11 is 1.78. The maximum atomic E-state index is 12.6. The summed E-state index contributed by atoms with van der Waals surface area (Å²) < 4.78 is 14.1. The summed E-state index contributed by atoms with van der Waals surface area (Å²) in [7, 11) is 0. The van der Waals surface area contributed by atoms with Crippen LogP contribution in [-0.2, 0) is 9.47 Å². The predicted octanol–water partition coefficient (Wildman–Crippen LogP) is 5.77. The van der Waals surface area contributed by atoms with E-state index in [-0.39, 0.29) is 17.7 Å². The van der Waals surface area contributed by atoms with Crippen LogP contribution in [0.25, 0.3) is 5.00 Å². The zero-order valence-electron chi connectivity index (χ0n) is 25.2. The van der Waals surface area contributed by atoms with Gasteiger partial charge in [0.05, 0.1) is 17.9 Å². The van der Waals surface area contributed by atoms with E-state index in [2.05, 4.69) is 64.7 Å². The van der Waals surface area contributed by atoms with Gasteiger partial charge in [0.1, 0.15) is 22.5 Å². The van der Waals surface area contributed by atoms with Gasteiger partial charge in [-0.3, -0.25) is 9.56 Å². The Labute approximate surface area is 246 Å². The maximum Gasteiger partial charge on any atom is 0.410 e. The van der Waals surface area contributed by atoms with E-state index < -0.39 is 5.60 Å². The van der Waals surface area contributed by atoms with Gasteiger partial charge in [0.25, 0.3) is 0 Å². The summed E-state index contributed by atoms with van der Waals surface area (Å²) in [5, 5.41) is 9.99. The number of hydrogen-bond donors (Lipinski definition) is 0. The van der Waals surface area contributed by atoms with Gasteiger partial charge in [0, 0.05) is 47.9 Å². The average Bonchev–Trinajstić information content (AvgIpc) is 3.41. The number of thiophene rings is 1. The number of piperidine rings is 1. The molecule has 2 saturated heterocycles. The van der Waals surface area contributed by atoms with E-state index in [0.717, 1.165) is 53.9 Å². The monoisotopic (exact) mass is 576 g/mol. The molecule has 9 nitrogen and oxygen atoms in total. The highest BCUT2D eigenvalue weighted by Gasteiger charge is 2.41. The van der Waals surface area contributed by atoms with Crippen molar-refractivity contribution in [3.63, 3.8) is 0 Å². The molecule has 1 atom stereocenters. The first kappa shape index (κ1) is 27.9. The van der Waals surface area contributed by atoms with Crippen molar-refractivity contribution in [2.45, 2.75) is 78.6 Å². The standard InChI is InChI=1S/C31H40N6O3S/c1-19-21(3)41-28-25(19)26(32-20(2)27-34-33-22(4)37(27)28)23-8-10-24(11-9-23)36-16-17-39-31(18-36)12-14-35(15-13-31)29(38)40-30(5,6)7/h8-11,20H,12-18H2,1-7H3/t20-/m0/s1. The number of nitrogens with zero attached hydrogens (tertiary/aromatic N) is 6. The van der Waals surface area contributed by atoms with Crippen molar-refractivity contribution in [3.8, 4) is 5.00 Å². The lowest BCUT2D eigenvalue weighted by atomic mass is 9.89. The van der Waals surface area contributed by atoms with E-state index in [4.69, 9.17) is 14.5 Å². The fourth-order valence-electron chi connectivity index (χ4n) is 6.10. The van der Waals surface area contributed by atoms with E-state index >= 15 is 0 Å². The van der Waals surface area contributed by atoms with Crippen molar-refractivity contribution in [1.82, 2.24) is 19.7 Å². The van der Waals surface area contributed by atoms with Crippen molar-refractivity contribution >= 4 is 28.8 Å². The molecule has 6 rings (SSSR count). The number of aryl methyl sites for hydroxylation is 2. The first-order valence-electron chi connectivity index (χ1n) is 14.5. The molecule has 2 aromatic heterocycles. The zero-order chi connectivity index (χ0) is 29.1. The fourth-order valence-corrected chi connectivity index (χ4v) is 7.32. The highest BCUT2D eigenvalue weighted by atomic mass is 32.1. The summed E-state index contributed by atoms with van der Waals surface area (Å²) in [4.78, 5) is 23.3. The number of carbonyl (C=O) groups excluding carboxylic acids is 1. The molecule has 0 bridgehead atoms. The van der Waals surface area contributed by atoms with Crippen molar-refractivity contribution in [2.24, 2.45) is 4.99 Å². The molecular weight excluding hydrogens is 536 g/mol. The van der Waals surface area contributed by atoms with Gasteiger partial charge in [-0.05, 0) is 79.0 Å². The van der Waals surface area contributed by atoms with Crippen LogP contribution in [0.5, 0.6) is 0 Å². The lowest BCUT2D eigenvalue weighted by Crippen LogP contribution is -2.58. The van der Waals surface area contributed by atoms with Gasteiger partial charge in [-0.15, -0.1) is 21.5 Å². The number of hydrogen-bond acceptors (Lipinski definition) is 8. The normalized spacial score (nSPS) is 20.4. The second kappa shape index (κ2) is 10.2. The number of likely N-dealkylation sites (tertiary alicyclic amines) is 1. The highest BCUT2D eigenvalue weighted by molar-refractivity contribution is 7.15. The van der Waals surface area contributed by atoms with Gasteiger partial charge >= 0.3 is 6.09 Å². The Hall–Kier alpha value is -3.24. The molecule has 10 heteroatoms. The molecule has 2 fully saturated rings. The summed E-state index contributed by atoms with van der Waals surface area (Å²) in [5.41, 5.74) is 5.00.